The highest BCUT2D eigenvalue weighted by Crippen LogP contribution is 2.48. The Labute approximate surface area is 360 Å². The molecule has 0 N–H and O–H groups in total. The standard InChI is InChI=1S/C60H39NO/c1-4-18-40(19-5-1)47-27-14-15-32-55(47)61(56-33-17-31-52-53-37-34-41-20-10-11-28-48(41)59(53)62-60(52)56)46-26-16-25-44(38-46)45-35-36-50-49-29-12-13-30-51(49)57(42-21-6-2-7-22-42)58(54(50)39-45)43-23-8-3-9-24-43/h1-39H. The van der Waals surface area contributed by atoms with Crippen molar-refractivity contribution in [2.75, 3.05) is 4.90 Å². The number of hydrogen-bond donors (Lipinski definition) is 0. The fourth-order valence-electron chi connectivity index (χ4n) is 9.63. The lowest BCUT2D eigenvalue weighted by molar-refractivity contribution is 0.673. The summed E-state index contributed by atoms with van der Waals surface area (Å²) >= 11 is 0. The van der Waals surface area contributed by atoms with E-state index in [9.17, 15) is 0 Å². The van der Waals surface area contributed by atoms with Gasteiger partial charge in [-0.2, -0.15) is 0 Å². The normalized spacial score (nSPS) is 11.5. The molecule has 12 rings (SSSR count). The van der Waals surface area contributed by atoms with Crippen LogP contribution in [0.4, 0.5) is 17.1 Å². The lowest BCUT2D eigenvalue weighted by Gasteiger charge is -2.28. The molecular formula is C60H39NO. The Bertz CT molecular complexity index is 3630. The highest BCUT2D eigenvalue weighted by atomic mass is 16.3. The molecule has 0 spiro atoms. The first-order chi connectivity index (χ1) is 30.8. The Hall–Kier alpha value is -8.20. The van der Waals surface area contributed by atoms with Crippen molar-refractivity contribution >= 4 is 71.3 Å². The summed E-state index contributed by atoms with van der Waals surface area (Å²) < 4.78 is 7.03. The van der Waals surface area contributed by atoms with Gasteiger partial charge in [-0.25, -0.2) is 0 Å². The van der Waals surface area contributed by atoms with E-state index in [4.69, 9.17) is 4.42 Å². The third-order valence-electron chi connectivity index (χ3n) is 12.4. The van der Waals surface area contributed by atoms with Crippen LogP contribution in [0.15, 0.2) is 241 Å². The van der Waals surface area contributed by atoms with Crippen LogP contribution < -0.4 is 4.90 Å². The third kappa shape index (κ3) is 5.88. The maximum atomic E-state index is 7.03. The number of para-hydroxylation sites is 2. The summed E-state index contributed by atoms with van der Waals surface area (Å²) in [6, 6.07) is 85.4. The van der Waals surface area contributed by atoms with Crippen molar-refractivity contribution in [2.45, 2.75) is 0 Å². The summed E-state index contributed by atoms with van der Waals surface area (Å²) in [7, 11) is 0. The fraction of sp³-hybridized carbons (Fsp3) is 0. The molecule has 0 radical (unpaired) electrons. The molecule has 0 fully saturated rings. The van der Waals surface area contributed by atoms with Crippen molar-refractivity contribution in [1.82, 2.24) is 0 Å². The van der Waals surface area contributed by atoms with Gasteiger partial charge in [-0.1, -0.05) is 200 Å². The number of anilines is 3. The summed E-state index contributed by atoms with van der Waals surface area (Å²) in [6.07, 6.45) is 0. The van der Waals surface area contributed by atoms with Gasteiger partial charge >= 0.3 is 0 Å². The highest BCUT2D eigenvalue weighted by molar-refractivity contribution is 6.22. The van der Waals surface area contributed by atoms with Crippen LogP contribution in [0.2, 0.25) is 0 Å². The van der Waals surface area contributed by atoms with E-state index in [-0.39, 0.29) is 0 Å². The summed E-state index contributed by atoms with van der Waals surface area (Å²) in [6.45, 7) is 0. The van der Waals surface area contributed by atoms with Crippen LogP contribution in [0, 0.1) is 0 Å². The van der Waals surface area contributed by atoms with Crippen molar-refractivity contribution in [1.29, 1.82) is 0 Å². The lowest BCUT2D eigenvalue weighted by Crippen LogP contribution is -2.11. The van der Waals surface area contributed by atoms with Crippen LogP contribution >= 0.6 is 0 Å². The molecule has 0 aliphatic rings. The van der Waals surface area contributed by atoms with Crippen LogP contribution in [0.25, 0.3) is 98.8 Å². The van der Waals surface area contributed by atoms with E-state index in [1.54, 1.807) is 0 Å². The molecule has 0 amide bonds. The first-order valence-corrected chi connectivity index (χ1v) is 21.3. The van der Waals surface area contributed by atoms with E-state index < -0.39 is 0 Å². The summed E-state index contributed by atoms with van der Waals surface area (Å²) in [5.41, 5.74) is 14.3. The molecule has 0 unspecified atom stereocenters. The van der Waals surface area contributed by atoms with E-state index in [1.807, 2.05) is 0 Å². The van der Waals surface area contributed by atoms with E-state index in [0.717, 1.165) is 72.0 Å². The number of benzene rings is 11. The second-order valence-corrected chi connectivity index (χ2v) is 16.0. The van der Waals surface area contributed by atoms with Gasteiger partial charge in [-0.05, 0) is 102 Å². The first-order valence-electron chi connectivity index (χ1n) is 21.3. The molecule has 0 aliphatic carbocycles. The Morgan fingerprint density at radius 1 is 0.274 bits per heavy atom. The van der Waals surface area contributed by atoms with Gasteiger partial charge in [0.1, 0.15) is 5.58 Å². The molecule has 2 nitrogen and oxygen atoms in total. The van der Waals surface area contributed by atoms with Gasteiger partial charge in [0.05, 0.1) is 11.4 Å². The van der Waals surface area contributed by atoms with Crippen LogP contribution in [0.3, 0.4) is 0 Å². The molecule has 0 atom stereocenters. The minimum Gasteiger partial charge on any atom is -0.453 e. The van der Waals surface area contributed by atoms with Gasteiger partial charge in [0, 0.05) is 27.4 Å². The van der Waals surface area contributed by atoms with Crippen LogP contribution in [0.5, 0.6) is 0 Å². The number of fused-ring (bicyclic) bond motifs is 8. The summed E-state index contributed by atoms with van der Waals surface area (Å²) in [4.78, 5) is 2.39. The topological polar surface area (TPSA) is 16.4 Å². The Morgan fingerprint density at radius 3 is 1.56 bits per heavy atom. The number of hydrogen-bond acceptors (Lipinski definition) is 2. The molecule has 1 heterocycles. The Morgan fingerprint density at radius 2 is 0.790 bits per heavy atom. The van der Waals surface area contributed by atoms with E-state index in [0.29, 0.717) is 0 Å². The zero-order valence-electron chi connectivity index (χ0n) is 33.9. The molecule has 12 aromatic rings. The molecule has 0 saturated carbocycles. The van der Waals surface area contributed by atoms with Crippen molar-refractivity contribution in [3.63, 3.8) is 0 Å². The zero-order chi connectivity index (χ0) is 41.0. The molecule has 0 aliphatic heterocycles. The lowest BCUT2D eigenvalue weighted by atomic mass is 9.84. The molecule has 2 heteroatoms. The molecule has 11 aromatic carbocycles. The predicted molar refractivity (Wildman–Crippen MR) is 263 cm³/mol. The Kier molecular flexibility index (Phi) is 8.53. The van der Waals surface area contributed by atoms with Gasteiger partial charge in [0.15, 0.2) is 5.58 Å². The first kappa shape index (κ1) is 35.7. The molecule has 0 saturated heterocycles. The van der Waals surface area contributed by atoms with Gasteiger partial charge in [0.2, 0.25) is 0 Å². The quantitative estimate of drug-likeness (QED) is 0.150. The monoisotopic (exact) mass is 789 g/mol. The average molecular weight is 790 g/mol. The van der Waals surface area contributed by atoms with Crippen LogP contribution in [-0.2, 0) is 0 Å². The van der Waals surface area contributed by atoms with E-state index >= 15 is 0 Å². The average Bonchev–Trinajstić information content (AvgIpc) is 3.75. The fourth-order valence-corrected chi connectivity index (χ4v) is 9.63. The van der Waals surface area contributed by atoms with Crippen molar-refractivity contribution in [3.8, 4) is 44.5 Å². The number of furan rings is 1. The number of rotatable bonds is 7. The van der Waals surface area contributed by atoms with Crippen LogP contribution in [-0.4, -0.2) is 0 Å². The molecular weight excluding hydrogens is 751 g/mol. The molecule has 1 aromatic heterocycles. The van der Waals surface area contributed by atoms with Gasteiger partial charge in [-0.15, -0.1) is 0 Å². The van der Waals surface area contributed by atoms with E-state index in [1.165, 1.54) is 43.8 Å². The van der Waals surface area contributed by atoms with E-state index in [2.05, 4.69) is 241 Å². The smallest absolute Gasteiger partial charge is 0.159 e. The summed E-state index contributed by atoms with van der Waals surface area (Å²) in [5, 5.41) is 9.43. The van der Waals surface area contributed by atoms with Crippen molar-refractivity contribution < 1.29 is 4.42 Å². The van der Waals surface area contributed by atoms with Gasteiger partial charge < -0.3 is 9.32 Å². The maximum absolute atomic E-state index is 7.03. The second-order valence-electron chi connectivity index (χ2n) is 16.0. The minimum atomic E-state index is 0.852. The molecule has 62 heavy (non-hydrogen) atoms. The minimum absolute atomic E-state index is 0.852. The Balaban J connectivity index is 1.11. The molecule has 290 valence electrons. The summed E-state index contributed by atoms with van der Waals surface area (Å²) in [5.74, 6) is 0. The van der Waals surface area contributed by atoms with Crippen molar-refractivity contribution in [3.05, 3.63) is 237 Å². The van der Waals surface area contributed by atoms with Gasteiger partial charge in [0.25, 0.3) is 0 Å². The SMILES string of the molecule is c1ccc(-c2ccccc2N(c2cccc(-c3ccc4c(c3)c(-c3ccccc3)c(-c3ccccc3)c3ccccc34)c2)c2cccc3c2oc2c4ccccc4ccc32)cc1. The molecule has 0 bridgehead atoms. The number of nitrogens with zero attached hydrogens (tertiary/aromatic N) is 1. The third-order valence-corrected chi connectivity index (χ3v) is 12.4. The maximum Gasteiger partial charge on any atom is 0.159 e. The second kappa shape index (κ2) is 14.8. The largest absolute Gasteiger partial charge is 0.453 e. The predicted octanol–water partition coefficient (Wildman–Crippen LogP) is 17.2. The van der Waals surface area contributed by atoms with Crippen LogP contribution in [0.1, 0.15) is 0 Å². The zero-order valence-corrected chi connectivity index (χ0v) is 33.9. The van der Waals surface area contributed by atoms with Gasteiger partial charge in [-0.3, -0.25) is 0 Å². The highest BCUT2D eigenvalue weighted by Gasteiger charge is 2.24. The van der Waals surface area contributed by atoms with Crippen molar-refractivity contribution in [2.24, 2.45) is 0 Å².